The molecule has 0 aromatic heterocycles. The van der Waals surface area contributed by atoms with Crippen LogP contribution in [0.1, 0.15) is 18.4 Å². The van der Waals surface area contributed by atoms with Gasteiger partial charge in [0.15, 0.2) is 11.8 Å². The van der Waals surface area contributed by atoms with Gasteiger partial charge in [0.1, 0.15) is 11.8 Å². The predicted molar refractivity (Wildman–Crippen MR) is 97.6 cm³/mol. The van der Waals surface area contributed by atoms with Crippen LogP contribution in [0.15, 0.2) is 24.3 Å². The van der Waals surface area contributed by atoms with E-state index in [0.29, 0.717) is 12.8 Å². The first kappa shape index (κ1) is 19.5. The Morgan fingerprint density at radius 2 is 1.97 bits per heavy atom. The normalized spacial score (nSPS) is 25.3. The Kier molecular flexibility index (Phi) is 4.83. The van der Waals surface area contributed by atoms with Crippen LogP contribution in [-0.2, 0) is 25.6 Å². The summed E-state index contributed by atoms with van der Waals surface area (Å²) in [5.41, 5.74) is -0.434. The number of carbonyl (C=O) groups is 3. The van der Waals surface area contributed by atoms with Crippen molar-refractivity contribution < 1.29 is 34.2 Å². The van der Waals surface area contributed by atoms with Gasteiger partial charge < -0.3 is 24.7 Å². The number of fused-ring (bicyclic) bond motifs is 1. The zero-order chi connectivity index (χ0) is 20.8. The van der Waals surface area contributed by atoms with Gasteiger partial charge in [-0.05, 0) is 30.5 Å². The molecule has 1 aromatic rings. The number of phenols is 1. The van der Waals surface area contributed by atoms with E-state index in [1.54, 1.807) is 12.1 Å². The van der Waals surface area contributed by atoms with Gasteiger partial charge in [-0.25, -0.2) is 9.63 Å². The summed E-state index contributed by atoms with van der Waals surface area (Å²) in [7, 11) is 1.52. The van der Waals surface area contributed by atoms with Gasteiger partial charge in [-0.3, -0.25) is 9.59 Å². The van der Waals surface area contributed by atoms with Gasteiger partial charge in [-0.1, -0.05) is 12.1 Å². The molecule has 10 heteroatoms. The third kappa shape index (κ3) is 3.38. The summed E-state index contributed by atoms with van der Waals surface area (Å²) < 4.78 is 5.07. The smallest absolute Gasteiger partial charge is 0.433 e. The van der Waals surface area contributed by atoms with Crippen LogP contribution < -0.4 is 0 Å². The van der Waals surface area contributed by atoms with E-state index >= 15 is 0 Å². The zero-order valence-electron chi connectivity index (χ0n) is 16.0. The number of hydrogen-bond acceptors (Lipinski definition) is 6. The molecule has 156 valence electrons. The summed E-state index contributed by atoms with van der Waals surface area (Å²) >= 11 is 0. The first-order valence-corrected chi connectivity index (χ1v) is 9.46. The average molecular weight is 405 g/mol. The summed E-state index contributed by atoms with van der Waals surface area (Å²) in [6, 6.07) is 5.51. The molecule has 0 bridgehead atoms. The van der Waals surface area contributed by atoms with E-state index in [-0.39, 0.29) is 43.7 Å². The number of ether oxygens (including phenoxy) is 1. The Balaban J connectivity index is 1.69. The summed E-state index contributed by atoms with van der Waals surface area (Å²) in [5, 5.41) is 20.0. The zero-order valence-corrected chi connectivity index (χ0v) is 16.0. The second kappa shape index (κ2) is 7.20. The van der Waals surface area contributed by atoms with Crippen molar-refractivity contribution in [1.29, 1.82) is 0 Å². The van der Waals surface area contributed by atoms with Crippen molar-refractivity contribution in [3.05, 3.63) is 29.8 Å². The first-order chi connectivity index (χ1) is 13.9. The SMILES string of the molecule is COCCN1CC2N(C(=O)O)OC3(CC3)C(=O)N2[C@@H](Cc2ccc(O)cc2)C1=O. The molecule has 10 nitrogen and oxygen atoms in total. The molecule has 29 heavy (non-hydrogen) atoms. The Morgan fingerprint density at radius 3 is 2.55 bits per heavy atom. The van der Waals surface area contributed by atoms with Gasteiger partial charge >= 0.3 is 6.09 Å². The number of methoxy groups -OCH3 is 1. The topological polar surface area (TPSA) is 120 Å². The number of rotatable bonds is 5. The minimum atomic E-state index is -1.30. The van der Waals surface area contributed by atoms with E-state index in [1.165, 1.54) is 29.0 Å². The quantitative estimate of drug-likeness (QED) is 0.728. The lowest BCUT2D eigenvalue weighted by Crippen LogP contribution is -2.74. The van der Waals surface area contributed by atoms with Crippen LogP contribution in [0.4, 0.5) is 4.79 Å². The van der Waals surface area contributed by atoms with Crippen molar-refractivity contribution in [2.24, 2.45) is 0 Å². The molecule has 3 fully saturated rings. The monoisotopic (exact) mass is 405 g/mol. The number of benzene rings is 1. The molecule has 1 spiro atoms. The van der Waals surface area contributed by atoms with Crippen LogP contribution in [0, 0.1) is 0 Å². The van der Waals surface area contributed by atoms with Crippen LogP contribution in [0.25, 0.3) is 0 Å². The molecular formula is C19H23N3O7. The number of hydroxylamine groups is 2. The number of aromatic hydroxyl groups is 1. The van der Waals surface area contributed by atoms with Crippen molar-refractivity contribution in [2.75, 3.05) is 26.8 Å². The molecule has 0 radical (unpaired) electrons. The highest BCUT2D eigenvalue weighted by Crippen LogP contribution is 2.47. The summed E-state index contributed by atoms with van der Waals surface area (Å²) in [5.74, 6) is -0.508. The number of nitrogens with zero attached hydrogens (tertiary/aromatic N) is 3. The molecule has 2 N–H and O–H groups in total. The fourth-order valence-electron chi connectivity index (χ4n) is 3.93. The number of amides is 3. The van der Waals surface area contributed by atoms with E-state index in [4.69, 9.17) is 9.57 Å². The number of hydrogen-bond donors (Lipinski definition) is 2. The minimum absolute atomic E-state index is 0.0163. The molecule has 1 aromatic carbocycles. The highest BCUT2D eigenvalue weighted by molar-refractivity contribution is 5.95. The standard InChI is InChI=1S/C19H23N3O7/c1-28-9-8-20-11-15-21(17(25)19(6-7-19)29-22(15)18(26)27)14(16(20)24)10-12-2-4-13(23)5-3-12/h2-5,14-15,23H,6-11H2,1H3,(H,26,27)/t14-,15?/m0/s1. The van der Waals surface area contributed by atoms with E-state index in [9.17, 15) is 24.6 Å². The maximum Gasteiger partial charge on any atom is 0.433 e. The Hall–Kier alpha value is -2.85. The molecule has 2 atom stereocenters. The van der Waals surface area contributed by atoms with Gasteiger partial charge in [0.25, 0.3) is 5.91 Å². The first-order valence-electron chi connectivity index (χ1n) is 9.46. The molecular weight excluding hydrogens is 382 g/mol. The summed E-state index contributed by atoms with van der Waals surface area (Å²) in [6.07, 6.45) is -1.18. The molecule has 1 unspecified atom stereocenters. The van der Waals surface area contributed by atoms with Crippen molar-refractivity contribution in [3.63, 3.8) is 0 Å². The van der Waals surface area contributed by atoms with Gasteiger partial charge in [0.05, 0.1) is 13.2 Å². The molecule has 3 aliphatic rings. The van der Waals surface area contributed by atoms with Gasteiger partial charge in [-0.15, -0.1) is 0 Å². The van der Waals surface area contributed by atoms with Crippen LogP contribution in [0.3, 0.4) is 0 Å². The van der Waals surface area contributed by atoms with Gasteiger partial charge in [0.2, 0.25) is 5.91 Å². The van der Waals surface area contributed by atoms with E-state index < -0.39 is 23.9 Å². The van der Waals surface area contributed by atoms with Crippen LogP contribution in [-0.4, -0.2) is 87.6 Å². The largest absolute Gasteiger partial charge is 0.508 e. The molecule has 1 saturated carbocycles. The molecule has 1 aliphatic carbocycles. The average Bonchev–Trinajstić information content (AvgIpc) is 3.47. The van der Waals surface area contributed by atoms with E-state index in [2.05, 4.69) is 0 Å². The van der Waals surface area contributed by atoms with Crippen LogP contribution in [0.5, 0.6) is 5.75 Å². The minimum Gasteiger partial charge on any atom is -0.508 e. The third-order valence-corrected chi connectivity index (χ3v) is 5.63. The van der Waals surface area contributed by atoms with Crippen molar-refractivity contribution >= 4 is 17.9 Å². The highest BCUT2D eigenvalue weighted by Gasteiger charge is 2.64. The molecule has 3 amide bonds. The fourth-order valence-corrected chi connectivity index (χ4v) is 3.93. The number of carboxylic acid groups (broad SMARTS) is 1. The Bertz CT molecular complexity index is 824. The van der Waals surface area contributed by atoms with E-state index in [1.807, 2.05) is 0 Å². The Labute approximate surface area is 167 Å². The summed E-state index contributed by atoms with van der Waals surface area (Å²) in [6.45, 7) is 0.580. The number of carbonyl (C=O) groups excluding carboxylic acids is 2. The van der Waals surface area contributed by atoms with Gasteiger partial charge in [0, 0.05) is 20.1 Å². The molecule has 4 rings (SSSR count). The third-order valence-electron chi connectivity index (χ3n) is 5.63. The van der Waals surface area contributed by atoms with E-state index in [0.717, 1.165) is 10.6 Å². The lowest BCUT2D eigenvalue weighted by molar-refractivity contribution is -0.273. The molecule has 2 heterocycles. The van der Waals surface area contributed by atoms with Crippen molar-refractivity contribution in [2.45, 2.75) is 37.1 Å². The summed E-state index contributed by atoms with van der Waals surface area (Å²) in [4.78, 5) is 46.7. The van der Waals surface area contributed by atoms with Crippen molar-refractivity contribution in [1.82, 2.24) is 14.9 Å². The molecule has 2 saturated heterocycles. The number of piperazine rings is 1. The maximum atomic E-state index is 13.2. The highest BCUT2D eigenvalue weighted by atomic mass is 16.7. The lowest BCUT2D eigenvalue weighted by Gasteiger charge is -2.52. The van der Waals surface area contributed by atoms with Crippen LogP contribution >= 0.6 is 0 Å². The predicted octanol–water partition coefficient (Wildman–Crippen LogP) is 0.404. The van der Waals surface area contributed by atoms with Crippen LogP contribution in [0.2, 0.25) is 0 Å². The second-order valence-corrected chi connectivity index (χ2v) is 7.55. The lowest BCUT2D eigenvalue weighted by atomic mass is 9.98. The Morgan fingerprint density at radius 1 is 1.28 bits per heavy atom. The fraction of sp³-hybridized carbons (Fsp3) is 0.526. The van der Waals surface area contributed by atoms with Crippen molar-refractivity contribution in [3.8, 4) is 5.75 Å². The second-order valence-electron chi connectivity index (χ2n) is 7.55. The van der Waals surface area contributed by atoms with Gasteiger partial charge in [-0.2, -0.15) is 5.06 Å². The maximum absolute atomic E-state index is 13.2. The number of phenolic OH excluding ortho intramolecular Hbond substituents is 1. The molecule has 2 aliphatic heterocycles.